The van der Waals surface area contributed by atoms with Gasteiger partial charge >= 0.3 is 39.5 Å². The number of phosphoric ester groups is 2. The van der Waals surface area contributed by atoms with Crippen molar-refractivity contribution >= 4 is 39.5 Å². The van der Waals surface area contributed by atoms with E-state index < -0.39 is 97.5 Å². The smallest absolute Gasteiger partial charge is 0.462 e. The lowest BCUT2D eigenvalue weighted by atomic mass is 9.99. The molecule has 3 unspecified atom stereocenters. The van der Waals surface area contributed by atoms with Gasteiger partial charge in [-0.1, -0.05) is 363 Å². The van der Waals surface area contributed by atoms with Crippen LogP contribution in [0.3, 0.4) is 0 Å². The Morgan fingerprint density at radius 1 is 0.296 bits per heavy atom. The van der Waals surface area contributed by atoms with Crippen LogP contribution in [0, 0.1) is 11.8 Å². The van der Waals surface area contributed by atoms with Crippen LogP contribution in [-0.4, -0.2) is 96.7 Å². The lowest BCUT2D eigenvalue weighted by Gasteiger charge is -2.21. The number of aliphatic hydroxyl groups is 1. The van der Waals surface area contributed by atoms with Crippen molar-refractivity contribution < 1.29 is 80.2 Å². The summed E-state index contributed by atoms with van der Waals surface area (Å²) in [6.45, 7) is 9.66. The molecule has 0 aliphatic carbocycles. The molecule has 3 N–H and O–H groups in total. The van der Waals surface area contributed by atoms with Crippen LogP contribution in [0.5, 0.6) is 0 Å². The molecule has 0 aliphatic heterocycles. The Morgan fingerprint density at radius 3 is 0.776 bits per heavy atom. The molecule has 0 spiro atoms. The number of esters is 4. The minimum atomic E-state index is -4.96. The molecular weight excluding hydrogens is 1280 g/mol. The fraction of sp³-hybridized carbons (Fsp3) is 0.949. The van der Waals surface area contributed by atoms with Crippen LogP contribution in [0.25, 0.3) is 0 Å². The molecule has 582 valence electrons. The zero-order valence-electron chi connectivity index (χ0n) is 64.1. The summed E-state index contributed by atoms with van der Waals surface area (Å²) < 4.78 is 68.4. The average Bonchev–Trinajstić information content (AvgIpc) is 1.01. The summed E-state index contributed by atoms with van der Waals surface area (Å²) in [5, 5.41) is 10.6. The largest absolute Gasteiger partial charge is 0.472 e. The quantitative estimate of drug-likeness (QED) is 0.0222. The second-order valence-corrected chi connectivity index (χ2v) is 32.1. The van der Waals surface area contributed by atoms with E-state index in [-0.39, 0.29) is 25.7 Å². The molecule has 98 heavy (non-hydrogen) atoms. The molecule has 0 heterocycles. The molecule has 0 aromatic rings. The second-order valence-electron chi connectivity index (χ2n) is 29.2. The van der Waals surface area contributed by atoms with Crippen LogP contribution in [0.4, 0.5) is 0 Å². The lowest BCUT2D eigenvalue weighted by Crippen LogP contribution is -2.30. The fourth-order valence-corrected chi connectivity index (χ4v) is 13.7. The predicted octanol–water partition coefficient (Wildman–Crippen LogP) is 23.5. The molecule has 0 aromatic carbocycles. The van der Waals surface area contributed by atoms with E-state index >= 15 is 0 Å². The first-order chi connectivity index (χ1) is 47.4. The van der Waals surface area contributed by atoms with Crippen LogP contribution < -0.4 is 0 Å². The van der Waals surface area contributed by atoms with Gasteiger partial charge < -0.3 is 33.8 Å². The number of hydrogen-bond acceptors (Lipinski definition) is 15. The number of ether oxygens (including phenoxy) is 4. The molecule has 0 aliphatic rings. The zero-order chi connectivity index (χ0) is 72.1. The topological polar surface area (TPSA) is 237 Å². The minimum absolute atomic E-state index is 0.106. The van der Waals surface area contributed by atoms with E-state index in [9.17, 15) is 43.2 Å². The molecule has 0 saturated heterocycles. The van der Waals surface area contributed by atoms with Gasteiger partial charge in [-0.25, -0.2) is 9.13 Å². The third kappa shape index (κ3) is 71.1. The molecule has 17 nitrogen and oxygen atoms in total. The van der Waals surface area contributed by atoms with Crippen LogP contribution >= 0.6 is 15.6 Å². The van der Waals surface area contributed by atoms with E-state index in [1.54, 1.807) is 0 Å². The highest BCUT2D eigenvalue weighted by molar-refractivity contribution is 7.47. The number of aliphatic hydroxyl groups excluding tert-OH is 1. The summed E-state index contributed by atoms with van der Waals surface area (Å²) >= 11 is 0. The highest BCUT2D eigenvalue weighted by atomic mass is 31.2. The van der Waals surface area contributed by atoms with Gasteiger partial charge in [-0.3, -0.25) is 37.3 Å². The normalized spacial score (nSPS) is 14.2. The first-order valence-electron chi connectivity index (χ1n) is 41.0. The highest BCUT2D eigenvalue weighted by Gasteiger charge is 2.30. The van der Waals surface area contributed by atoms with Crippen molar-refractivity contribution in [3.05, 3.63) is 0 Å². The van der Waals surface area contributed by atoms with Crippen LogP contribution in [0.2, 0.25) is 0 Å². The van der Waals surface area contributed by atoms with Gasteiger partial charge in [0.1, 0.15) is 19.3 Å². The Kier molecular flexibility index (Phi) is 69.3. The molecule has 0 bridgehead atoms. The third-order valence-corrected chi connectivity index (χ3v) is 20.7. The number of hydrogen-bond donors (Lipinski definition) is 3. The van der Waals surface area contributed by atoms with Gasteiger partial charge in [0, 0.05) is 25.7 Å². The number of unbranched alkanes of at least 4 members (excludes halogenated alkanes) is 47. The molecule has 0 rings (SSSR count). The maximum Gasteiger partial charge on any atom is 0.472 e. The van der Waals surface area contributed by atoms with Crippen molar-refractivity contribution in [2.24, 2.45) is 11.8 Å². The first kappa shape index (κ1) is 96.1. The fourth-order valence-electron chi connectivity index (χ4n) is 12.2. The molecule has 0 saturated carbocycles. The summed E-state index contributed by atoms with van der Waals surface area (Å²) in [6, 6.07) is 0. The number of carbonyl (C=O) groups excluding carboxylic acids is 4. The Labute approximate surface area is 600 Å². The standard InChI is InChI=1S/C79H154O17P2/c1-7-10-12-14-16-17-38-45-51-57-63-78(83)95-74(67-89-76(81)61-55-49-41-15-13-11-8-2)69-93-97(85,86)91-65-73(80)66-92-98(87,88)94-70-75(68-90-77(82)62-56-50-44-39-34-30-26-23-22-24-28-32-36-42-47-53-59-71(4)5)96-79(84)64-58-52-46-40-35-31-27-21-19-18-20-25-29-33-37-43-48-54-60-72(6)9-3/h71-75,80H,7-70H2,1-6H3,(H,85,86)(H,87,88)/t72?,73-,74+,75+/m0/s1. The van der Waals surface area contributed by atoms with E-state index in [4.69, 9.17) is 37.0 Å². The van der Waals surface area contributed by atoms with E-state index in [1.807, 2.05) is 0 Å². The maximum atomic E-state index is 13.1. The van der Waals surface area contributed by atoms with Crippen LogP contribution in [0.15, 0.2) is 0 Å². The van der Waals surface area contributed by atoms with E-state index in [2.05, 4.69) is 41.5 Å². The Morgan fingerprint density at radius 2 is 0.520 bits per heavy atom. The Balaban J connectivity index is 5.14. The van der Waals surface area contributed by atoms with Gasteiger partial charge in [0.05, 0.1) is 26.4 Å². The first-order valence-corrected chi connectivity index (χ1v) is 44.0. The Bertz CT molecular complexity index is 1890. The zero-order valence-corrected chi connectivity index (χ0v) is 65.9. The summed E-state index contributed by atoms with van der Waals surface area (Å²) in [5.74, 6) is -0.434. The van der Waals surface area contributed by atoms with Crippen molar-refractivity contribution in [3.8, 4) is 0 Å². The van der Waals surface area contributed by atoms with Crippen molar-refractivity contribution in [2.45, 2.75) is 432 Å². The number of rotatable bonds is 78. The van der Waals surface area contributed by atoms with Gasteiger partial charge in [-0.05, 0) is 37.5 Å². The van der Waals surface area contributed by atoms with Crippen molar-refractivity contribution in [1.82, 2.24) is 0 Å². The molecule has 19 heteroatoms. The molecule has 0 fully saturated rings. The molecule has 0 radical (unpaired) electrons. The summed E-state index contributed by atoms with van der Waals surface area (Å²) in [4.78, 5) is 72.7. The van der Waals surface area contributed by atoms with Gasteiger partial charge in [0.15, 0.2) is 12.2 Å². The maximum absolute atomic E-state index is 13.1. The lowest BCUT2D eigenvalue weighted by molar-refractivity contribution is -0.161. The predicted molar refractivity (Wildman–Crippen MR) is 400 cm³/mol. The number of carbonyl (C=O) groups is 4. The SMILES string of the molecule is CCCCCCCCCCCCC(=O)O[C@H](COC(=O)CCCCCCCCC)COP(=O)(O)OC[C@H](O)COP(=O)(O)OC[C@@H](COC(=O)CCCCCCCCCCCCCCCCCCC(C)C)OC(=O)CCCCCCCCCCCCCCCCCCCCC(C)CC. The monoisotopic (exact) mass is 1440 g/mol. The minimum Gasteiger partial charge on any atom is -0.462 e. The summed E-state index contributed by atoms with van der Waals surface area (Å²) in [5.41, 5.74) is 0. The third-order valence-electron chi connectivity index (χ3n) is 18.8. The average molecular weight is 1440 g/mol. The van der Waals surface area contributed by atoms with Crippen LogP contribution in [0.1, 0.15) is 414 Å². The van der Waals surface area contributed by atoms with Gasteiger partial charge in [-0.2, -0.15) is 0 Å². The van der Waals surface area contributed by atoms with E-state index in [0.29, 0.717) is 25.7 Å². The van der Waals surface area contributed by atoms with E-state index in [1.165, 1.54) is 218 Å². The highest BCUT2D eigenvalue weighted by Crippen LogP contribution is 2.45. The van der Waals surface area contributed by atoms with Crippen molar-refractivity contribution in [3.63, 3.8) is 0 Å². The van der Waals surface area contributed by atoms with Gasteiger partial charge in [0.25, 0.3) is 0 Å². The van der Waals surface area contributed by atoms with Crippen molar-refractivity contribution in [1.29, 1.82) is 0 Å². The molecule has 6 atom stereocenters. The van der Waals surface area contributed by atoms with Gasteiger partial charge in [-0.15, -0.1) is 0 Å². The summed E-state index contributed by atoms with van der Waals surface area (Å²) in [7, 11) is -9.91. The molecular formula is C79H154O17P2. The van der Waals surface area contributed by atoms with Crippen LogP contribution in [-0.2, 0) is 65.4 Å². The van der Waals surface area contributed by atoms with Gasteiger partial charge in [0.2, 0.25) is 0 Å². The van der Waals surface area contributed by atoms with Crippen molar-refractivity contribution in [2.75, 3.05) is 39.6 Å². The molecule has 0 aromatic heterocycles. The summed E-state index contributed by atoms with van der Waals surface area (Å²) in [6.07, 6.45) is 59.9. The van der Waals surface area contributed by atoms with E-state index in [0.717, 1.165) is 115 Å². The molecule has 0 amide bonds. The number of phosphoric acid groups is 2. The second kappa shape index (κ2) is 70.7. The Hall–Kier alpha value is -1.94.